The maximum atomic E-state index is 13.1. The molecule has 0 spiro atoms. The van der Waals surface area contributed by atoms with Gasteiger partial charge in [0.1, 0.15) is 5.65 Å². The summed E-state index contributed by atoms with van der Waals surface area (Å²) in [7, 11) is 0. The summed E-state index contributed by atoms with van der Waals surface area (Å²) in [5.74, 6) is 0.0255. The van der Waals surface area contributed by atoms with Crippen LogP contribution in [0.3, 0.4) is 0 Å². The van der Waals surface area contributed by atoms with Crippen LogP contribution in [-0.2, 0) is 13.0 Å². The molecule has 0 unspecified atom stereocenters. The molecule has 0 radical (unpaired) electrons. The van der Waals surface area contributed by atoms with Crippen LogP contribution in [0.15, 0.2) is 49.5 Å². The third kappa shape index (κ3) is 3.61. The number of unbranched alkanes of at least 4 members (excludes halogenated alkanes) is 1. The van der Waals surface area contributed by atoms with E-state index in [0.717, 1.165) is 16.6 Å². The van der Waals surface area contributed by atoms with E-state index in [1.54, 1.807) is 24.3 Å². The van der Waals surface area contributed by atoms with E-state index >= 15 is 0 Å². The quantitative estimate of drug-likeness (QED) is 0.382. The van der Waals surface area contributed by atoms with Gasteiger partial charge in [0.05, 0.1) is 10.9 Å². The number of pyridine rings is 1. The number of benzene rings is 1. The molecule has 0 amide bonds. The van der Waals surface area contributed by atoms with Gasteiger partial charge in [-0.2, -0.15) is 4.98 Å². The van der Waals surface area contributed by atoms with Crippen LogP contribution in [0.4, 0.5) is 0 Å². The molecule has 0 fully saturated rings. The van der Waals surface area contributed by atoms with Crippen LogP contribution >= 0.6 is 0 Å². The lowest BCUT2D eigenvalue weighted by molar-refractivity contribution is 0.299. The number of H-pyrrole nitrogens is 2. The number of fused-ring (bicyclic) bond motifs is 2. The van der Waals surface area contributed by atoms with E-state index < -0.39 is 22.5 Å². The normalized spacial score (nSPS) is 11.4. The largest absolute Gasteiger partial charge is 0.396 e. The van der Waals surface area contributed by atoms with Crippen molar-refractivity contribution in [3.05, 3.63) is 77.6 Å². The summed E-state index contributed by atoms with van der Waals surface area (Å²) in [5, 5.41) is 9.27. The molecule has 2 aliphatic heterocycles. The average Bonchev–Trinajstić information content (AvgIpc) is 2.74. The molecule has 31 heavy (non-hydrogen) atoms. The average molecular weight is 423 g/mol. The molecule has 10 heteroatoms. The second-order valence-corrected chi connectivity index (χ2v) is 7.23. The molecule has 0 saturated carbocycles. The molecule has 2 aromatic rings. The fraction of sp³-hybridized carbons (Fsp3) is 0.286. The molecule has 1 aromatic heterocycles. The zero-order valence-electron chi connectivity index (χ0n) is 16.8. The number of rotatable bonds is 6. The number of nitrogens with zero attached hydrogens (tertiary/aromatic N) is 3. The highest BCUT2D eigenvalue weighted by Crippen LogP contribution is 2.24. The molecule has 0 saturated heterocycles. The van der Waals surface area contributed by atoms with E-state index in [4.69, 9.17) is 5.11 Å². The topological polar surface area (TPSA) is 143 Å². The van der Waals surface area contributed by atoms with Crippen molar-refractivity contribution in [2.24, 2.45) is 0 Å². The van der Waals surface area contributed by atoms with Crippen LogP contribution < -0.4 is 22.5 Å². The second-order valence-electron chi connectivity index (χ2n) is 7.23. The minimum absolute atomic E-state index is 0.00914. The van der Waals surface area contributed by atoms with Gasteiger partial charge in [0.2, 0.25) is 0 Å². The number of aliphatic hydroxyl groups is 1. The van der Waals surface area contributed by atoms with Gasteiger partial charge in [0.25, 0.3) is 11.1 Å². The van der Waals surface area contributed by atoms with Crippen LogP contribution in [0.1, 0.15) is 25.3 Å². The summed E-state index contributed by atoms with van der Waals surface area (Å²) >= 11 is 0. The Morgan fingerprint density at radius 3 is 2.48 bits per heavy atom. The standard InChI is InChI=1S/C21H21N5O5/c1-2-3-9-25-19(29)15-11-14-16(22-20(30)24-18(14)28)26(17(15)23-21(25)31)13-6-4-12(5-7-13)8-10-27/h4-7,11,27H,2-3,8-10H2,1H3,(H,23,31)(H,24,28,30). The molecule has 4 rings (SSSR count). The van der Waals surface area contributed by atoms with Crippen molar-refractivity contribution in [3.63, 3.8) is 0 Å². The molecule has 0 bridgehead atoms. The number of hydrogen-bond acceptors (Lipinski definition) is 6. The first kappa shape index (κ1) is 20.5. The highest BCUT2D eigenvalue weighted by atomic mass is 16.3. The number of aromatic nitrogens is 5. The Bertz CT molecular complexity index is 1460. The van der Waals surface area contributed by atoms with Crippen molar-refractivity contribution in [1.29, 1.82) is 0 Å². The Labute approximate surface area is 174 Å². The summed E-state index contributed by atoms with van der Waals surface area (Å²) in [5.41, 5.74) is -1.04. The molecular formula is C21H21N5O5. The van der Waals surface area contributed by atoms with E-state index in [1.807, 2.05) is 6.92 Å². The van der Waals surface area contributed by atoms with Gasteiger partial charge in [-0.3, -0.25) is 28.7 Å². The van der Waals surface area contributed by atoms with Crippen molar-refractivity contribution in [2.45, 2.75) is 32.7 Å². The van der Waals surface area contributed by atoms with Gasteiger partial charge in [0.15, 0.2) is 5.82 Å². The minimum Gasteiger partial charge on any atom is -0.396 e. The monoisotopic (exact) mass is 423 g/mol. The van der Waals surface area contributed by atoms with Gasteiger partial charge in [-0.05, 0) is 36.6 Å². The lowest BCUT2D eigenvalue weighted by Crippen LogP contribution is -2.37. The van der Waals surface area contributed by atoms with Crippen LogP contribution in [-0.4, -0.2) is 35.8 Å². The first-order valence-corrected chi connectivity index (χ1v) is 9.97. The van der Waals surface area contributed by atoms with Crippen LogP contribution in [0.25, 0.3) is 28.1 Å². The Balaban J connectivity index is 2.12. The van der Waals surface area contributed by atoms with E-state index in [0.29, 0.717) is 18.5 Å². The zero-order chi connectivity index (χ0) is 22.1. The highest BCUT2D eigenvalue weighted by molar-refractivity contribution is 5.83. The van der Waals surface area contributed by atoms with Crippen LogP contribution in [0.5, 0.6) is 0 Å². The highest BCUT2D eigenvalue weighted by Gasteiger charge is 2.21. The lowest BCUT2D eigenvalue weighted by Gasteiger charge is -2.18. The molecule has 0 atom stereocenters. The molecule has 0 aliphatic carbocycles. The SMILES string of the molecule is CCCCn1c(=O)[nH]c2c(cc3c(=O)[nH]c(=O)nc-3n2-c2ccc(CCO)cc2)c1=O. The number of aliphatic hydroxyl groups excluding tert-OH is 1. The van der Waals surface area contributed by atoms with E-state index in [-0.39, 0.29) is 35.6 Å². The smallest absolute Gasteiger partial charge is 0.349 e. The second kappa shape index (κ2) is 8.15. The third-order valence-electron chi connectivity index (χ3n) is 5.17. The first-order valence-electron chi connectivity index (χ1n) is 9.97. The van der Waals surface area contributed by atoms with E-state index in [2.05, 4.69) is 15.0 Å². The molecule has 3 N–H and O–H groups in total. The predicted molar refractivity (Wildman–Crippen MR) is 115 cm³/mol. The molecule has 10 nitrogen and oxygen atoms in total. The zero-order valence-corrected chi connectivity index (χ0v) is 16.8. The van der Waals surface area contributed by atoms with Gasteiger partial charge in [0, 0.05) is 18.8 Å². The van der Waals surface area contributed by atoms with Crippen molar-refractivity contribution in [3.8, 4) is 17.1 Å². The van der Waals surface area contributed by atoms with Crippen LogP contribution in [0.2, 0.25) is 0 Å². The van der Waals surface area contributed by atoms with Gasteiger partial charge in [-0.25, -0.2) is 9.59 Å². The minimum atomic E-state index is -0.832. The van der Waals surface area contributed by atoms with Crippen molar-refractivity contribution >= 4 is 11.0 Å². The molecular weight excluding hydrogens is 402 g/mol. The summed E-state index contributed by atoms with van der Waals surface area (Å²) in [4.78, 5) is 59.0. The van der Waals surface area contributed by atoms with E-state index in [1.165, 1.54) is 10.6 Å². The maximum absolute atomic E-state index is 13.1. The van der Waals surface area contributed by atoms with E-state index in [9.17, 15) is 19.2 Å². The molecule has 3 heterocycles. The number of aromatic amines is 2. The maximum Gasteiger partial charge on any atom is 0.349 e. The molecule has 1 aromatic carbocycles. The number of hydrogen-bond donors (Lipinski definition) is 3. The summed E-state index contributed by atoms with van der Waals surface area (Å²) < 4.78 is 2.53. The van der Waals surface area contributed by atoms with Gasteiger partial charge in [-0.1, -0.05) is 25.5 Å². The van der Waals surface area contributed by atoms with Crippen molar-refractivity contribution in [1.82, 2.24) is 24.1 Å². The summed E-state index contributed by atoms with van der Waals surface area (Å²) in [6.07, 6.45) is 1.91. The fourth-order valence-corrected chi connectivity index (χ4v) is 3.59. The predicted octanol–water partition coefficient (Wildman–Crippen LogP) is 0.364. The molecule has 2 aliphatic rings. The van der Waals surface area contributed by atoms with Crippen molar-refractivity contribution < 1.29 is 5.11 Å². The van der Waals surface area contributed by atoms with Gasteiger partial charge in [-0.15, -0.1) is 0 Å². The van der Waals surface area contributed by atoms with Crippen LogP contribution in [0, 0.1) is 0 Å². The fourth-order valence-electron chi connectivity index (χ4n) is 3.59. The van der Waals surface area contributed by atoms with Crippen molar-refractivity contribution in [2.75, 3.05) is 6.61 Å². The van der Waals surface area contributed by atoms with Gasteiger partial charge < -0.3 is 5.11 Å². The first-order chi connectivity index (χ1) is 14.9. The van der Waals surface area contributed by atoms with Gasteiger partial charge >= 0.3 is 11.4 Å². The Hall–Kier alpha value is -3.79. The summed E-state index contributed by atoms with van der Waals surface area (Å²) in [6.45, 7) is 2.20. The third-order valence-corrected chi connectivity index (χ3v) is 5.17. The lowest BCUT2D eigenvalue weighted by atomic mass is 10.1. The molecule has 160 valence electrons. The Kier molecular flexibility index (Phi) is 5.38. The Morgan fingerprint density at radius 2 is 1.81 bits per heavy atom. The summed E-state index contributed by atoms with van der Waals surface area (Å²) in [6, 6.07) is 8.31. The Morgan fingerprint density at radius 1 is 1.06 bits per heavy atom. The number of nitrogens with one attached hydrogen (secondary N) is 2.